The van der Waals surface area contributed by atoms with Gasteiger partial charge in [0.1, 0.15) is 11.6 Å². The summed E-state index contributed by atoms with van der Waals surface area (Å²) in [6, 6.07) is 8.47. The molecule has 1 saturated heterocycles. The Hall–Kier alpha value is -1.81. The van der Waals surface area contributed by atoms with Crippen LogP contribution >= 0.6 is 0 Å². The van der Waals surface area contributed by atoms with Gasteiger partial charge in [-0.15, -0.1) is 0 Å². The SMILES string of the molecule is COc1cccc(CN2CCCC(Cn3c(C)cnc3C3CC3)C2)c1. The van der Waals surface area contributed by atoms with E-state index in [0.29, 0.717) is 0 Å². The summed E-state index contributed by atoms with van der Waals surface area (Å²) in [4.78, 5) is 7.29. The molecule has 1 aliphatic heterocycles. The molecule has 0 spiro atoms. The van der Waals surface area contributed by atoms with Crippen molar-refractivity contribution < 1.29 is 4.74 Å². The van der Waals surface area contributed by atoms with Crippen molar-refractivity contribution >= 4 is 0 Å². The first-order valence-electron chi connectivity index (χ1n) is 9.60. The van der Waals surface area contributed by atoms with Gasteiger partial charge < -0.3 is 9.30 Å². The predicted molar refractivity (Wildman–Crippen MR) is 99.9 cm³/mol. The van der Waals surface area contributed by atoms with E-state index in [9.17, 15) is 0 Å². The lowest BCUT2D eigenvalue weighted by Crippen LogP contribution is -2.36. The quantitative estimate of drug-likeness (QED) is 0.797. The van der Waals surface area contributed by atoms with Crippen molar-refractivity contribution in [1.29, 1.82) is 0 Å². The molecule has 1 aliphatic carbocycles. The number of aryl methyl sites for hydroxylation is 1. The van der Waals surface area contributed by atoms with E-state index in [1.165, 1.54) is 55.9 Å². The smallest absolute Gasteiger partial charge is 0.119 e. The van der Waals surface area contributed by atoms with Crippen molar-refractivity contribution in [3.8, 4) is 5.75 Å². The van der Waals surface area contributed by atoms with E-state index in [4.69, 9.17) is 4.74 Å². The largest absolute Gasteiger partial charge is 0.497 e. The van der Waals surface area contributed by atoms with Crippen LogP contribution in [0.15, 0.2) is 30.5 Å². The Kier molecular flexibility index (Phi) is 4.80. The molecular formula is C21H29N3O. The van der Waals surface area contributed by atoms with Gasteiger partial charge in [-0.25, -0.2) is 4.98 Å². The second-order valence-electron chi connectivity index (χ2n) is 7.74. The lowest BCUT2D eigenvalue weighted by molar-refractivity contribution is 0.155. The molecule has 4 rings (SSSR count). The summed E-state index contributed by atoms with van der Waals surface area (Å²) in [5.74, 6) is 3.74. The van der Waals surface area contributed by atoms with Gasteiger partial charge in [-0.05, 0) is 62.8 Å². The summed E-state index contributed by atoms with van der Waals surface area (Å²) in [5, 5.41) is 0. The van der Waals surface area contributed by atoms with Gasteiger partial charge in [0.05, 0.1) is 7.11 Å². The zero-order chi connectivity index (χ0) is 17.2. The highest BCUT2D eigenvalue weighted by Gasteiger charge is 2.30. The molecule has 0 amide bonds. The number of nitrogens with zero attached hydrogens (tertiary/aromatic N) is 3. The molecule has 1 saturated carbocycles. The van der Waals surface area contributed by atoms with Gasteiger partial charge in [0.15, 0.2) is 0 Å². The summed E-state index contributed by atoms with van der Waals surface area (Å²) in [6.07, 6.45) is 7.33. The second kappa shape index (κ2) is 7.20. The number of piperidine rings is 1. The maximum Gasteiger partial charge on any atom is 0.119 e. The van der Waals surface area contributed by atoms with Crippen molar-refractivity contribution in [1.82, 2.24) is 14.5 Å². The molecule has 1 aromatic carbocycles. The maximum absolute atomic E-state index is 5.36. The second-order valence-corrected chi connectivity index (χ2v) is 7.74. The number of aromatic nitrogens is 2. The highest BCUT2D eigenvalue weighted by atomic mass is 16.5. The molecule has 0 radical (unpaired) electrons. The number of rotatable bonds is 6. The highest BCUT2D eigenvalue weighted by Crippen LogP contribution is 2.40. The number of likely N-dealkylation sites (tertiary alicyclic amines) is 1. The maximum atomic E-state index is 5.36. The standard InChI is InChI=1S/C21H29N3O/c1-16-12-22-21(19-8-9-19)24(16)15-18-6-4-10-23(14-18)13-17-5-3-7-20(11-17)25-2/h3,5,7,11-12,18-19H,4,6,8-10,13-15H2,1-2H3. The van der Waals surface area contributed by atoms with Crippen molar-refractivity contribution in [3.05, 3.63) is 47.5 Å². The number of hydrogen-bond donors (Lipinski definition) is 0. The van der Waals surface area contributed by atoms with E-state index >= 15 is 0 Å². The zero-order valence-corrected chi connectivity index (χ0v) is 15.4. The number of methoxy groups -OCH3 is 1. The molecular weight excluding hydrogens is 310 g/mol. The van der Waals surface area contributed by atoms with Crippen LogP contribution in [-0.4, -0.2) is 34.7 Å². The third-order valence-corrected chi connectivity index (χ3v) is 5.61. The molecule has 2 aromatic rings. The molecule has 1 unspecified atom stereocenters. The van der Waals surface area contributed by atoms with Gasteiger partial charge in [-0.2, -0.15) is 0 Å². The van der Waals surface area contributed by atoms with Crippen LogP contribution in [0.3, 0.4) is 0 Å². The summed E-state index contributed by atoms with van der Waals surface area (Å²) < 4.78 is 7.86. The molecule has 2 fully saturated rings. The lowest BCUT2D eigenvalue weighted by atomic mass is 9.97. The monoisotopic (exact) mass is 339 g/mol. The van der Waals surface area contributed by atoms with Crippen LogP contribution in [0.5, 0.6) is 5.75 Å². The Bertz CT molecular complexity index is 720. The number of hydrogen-bond acceptors (Lipinski definition) is 3. The Balaban J connectivity index is 1.40. The molecule has 2 aliphatic rings. The van der Waals surface area contributed by atoms with Crippen molar-refractivity contribution in [2.24, 2.45) is 5.92 Å². The first-order valence-corrected chi connectivity index (χ1v) is 9.60. The third-order valence-electron chi connectivity index (χ3n) is 5.61. The van der Waals surface area contributed by atoms with E-state index in [2.05, 4.69) is 45.8 Å². The molecule has 0 bridgehead atoms. The molecule has 25 heavy (non-hydrogen) atoms. The molecule has 1 atom stereocenters. The fourth-order valence-corrected chi connectivity index (χ4v) is 4.12. The van der Waals surface area contributed by atoms with Gasteiger partial charge in [0.25, 0.3) is 0 Å². The summed E-state index contributed by atoms with van der Waals surface area (Å²) in [6.45, 7) is 6.74. The van der Waals surface area contributed by atoms with Crippen molar-refractivity contribution in [2.45, 2.75) is 51.6 Å². The van der Waals surface area contributed by atoms with Gasteiger partial charge >= 0.3 is 0 Å². The van der Waals surface area contributed by atoms with Crippen LogP contribution in [0.25, 0.3) is 0 Å². The van der Waals surface area contributed by atoms with Gasteiger partial charge in [-0.3, -0.25) is 4.90 Å². The van der Waals surface area contributed by atoms with Gasteiger partial charge in [0.2, 0.25) is 0 Å². The summed E-state index contributed by atoms with van der Waals surface area (Å²) in [7, 11) is 1.74. The molecule has 4 nitrogen and oxygen atoms in total. The fourth-order valence-electron chi connectivity index (χ4n) is 4.12. The number of benzene rings is 1. The fraction of sp³-hybridized carbons (Fsp3) is 0.571. The number of ether oxygens (including phenoxy) is 1. The van der Waals surface area contributed by atoms with E-state index in [-0.39, 0.29) is 0 Å². The summed E-state index contributed by atoms with van der Waals surface area (Å²) >= 11 is 0. The van der Waals surface area contributed by atoms with Crippen LogP contribution in [0, 0.1) is 12.8 Å². The van der Waals surface area contributed by atoms with Gasteiger partial charge in [0, 0.05) is 37.4 Å². The van der Waals surface area contributed by atoms with E-state index in [0.717, 1.165) is 30.7 Å². The average molecular weight is 339 g/mol. The number of imidazole rings is 1. The van der Waals surface area contributed by atoms with Crippen molar-refractivity contribution in [3.63, 3.8) is 0 Å². The minimum Gasteiger partial charge on any atom is -0.497 e. The Morgan fingerprint density at radius 1 is 1.24 bits per heavy atom. The Morgan fingerprint density at radius 3 is 2.92 bits per heavy atom. The van der Waals surface area contributed by atoms with E-state index in [1.54, 1.807) is 7.11 Å². The average Bonchev–Trinajstić information content (AvgIpc) is 3.41. The molecule has 4 heteroatoms. The molecule has 1 aromatic heterocycles. The van der Waals surface area contributed by atoms with Crippen LogP contribution in [-0.2, 0) is 13.1 Å². The minimum absolute atomic E-state index is 0.727. The molecule has 0 N–H and O–H groups in total. The first kappa shape index (κ1) is 16.6. The third kappa shape index (κ3) is 3.90. The van der Waals surface area contributed by atoms with Crippen LogP contribution < -0.4 is 4.74 Å². The normalized spacial score (nSPS) is 21.4. The van der Waals surface area contributed by atoms with Crippen LogP contribution in [0.1, 0.15) is 48.7 Å². The lowest BCUT2D eigenvalue weighted by Gasteiger charge is -2.33. The Labute approximate surface area is 150 Å². The molecule has 134 valence electrons. The van der Waals surface area contributed by atoms with Gasteiger partial charge in [-0.1, -0.05) is 12.1 Å². The van der Waals surface area contributed by atoms with Crippen LogP contribution in [0.4, 0.5) is 0 Å². The highest BCUT2D eigenvalue weighted by molar-refractivity contribution is 5.28. The Morgan fingerprint density at radius 2 is 2.12 bits per heavy atom. The zero-order valence-electron chi connectivity index (χ0n) is 15.4. The first-order chi connectivity index (χ1) is 12.2. The van der Waals surface area contributed by atoms with Crippen LogP contribution in [0.2, 0.25) is 0 Å². The predicted octanol–water partition coefficient (Wildman–Crippen LogP) is 3.99. The van der Waals surface area contributed by atoms with E-state index in [1.807, 2.05) is 6.07 Å². The topological polar surface area (TPSA) is 30.3 Å². The van der Waals surface area contributed by atoms with E-state index < -0.39 is 0 Å². The summed E-state index contributed by atoms with van der Waals surface area (Å²) in [5.41, 5.74) is 2.67. The molecule has 2 heterocycles. The van der Waals surface area contributed by atoms with Crippen molar-refractivity contribution in [2.75, 3.05) is 20.2 Å². The minimum atomic E-state index is 0.727.